The zero-order valence-electron chi connectivity index (χ0n) is 10.2. The van der Waals surface area contributed by atoms with Crippen molar-refractivity contribution in [2.75, 3.05) is 6.54 Å². The van der Waals surface area contributed by atoms with Crippen LogP contribution in [0.25, 0.3) is 0 Å². The Morgan fingerprint density at radius 3 is 2.69 bits per heavy atom. The minimum Gasteiger partial charge on any atom is -0.330 e. The number of aromatic nitrogens is 1. The first kappa shape index (κ1) is 13.3. The Labute approximate surface area is 101 Å². The van der Waals surface area contributed by atoms with Crippen molar-refractivity contribution in [2.24, 2.45) is 5.73 Å². The van der Waals surface area contributed by atoms with Crippen molar-refractivity contribution in [1.29, 1.82) is 0 Å². The van der Waals surface area contributed by atoms with Crippen molar-refractivity contribution in [3.63, 3.8) is 0 Å². The van der Waals surface area contributed by atoms with E-state index in [2.05, 4.69) is 25.8 Å². The van der Waals surface area contributed by atoms with Crippen molar-refractivity contribution in [3.05, 3.63) is 16.1 Å². The van der Waals surface area contributed by atoms with Crippen LogP contribution in [-0.4, -0.2) is 17.3 Å². The van der Waals surface area contributed by atoms with Crippen molar-refractivity contribution in [1.82, 2.24) is 4.98 Å². The number of Topliss-reactive ketones (excluding diaryl/α,β-unsaturated/α-hetero) is 1. The molecule has 0 amide bonds. The quantitative estimate of drug-likeness (QED) is 0.859. The van der Waals surface area contributed by atoms with Crippen LogP contribution < -0.4 is 5.73 Å². The van der Waals surface area contributed by atoms with Gasteiger partial charge in [-0.25, -0.2) is 4.98 Å². The standard InChI is InChI=1S/C12H20N2OS/c1-12(2,3)10-8-16-11(14-10)7-9(15)5-4-6-13/h8H,4-7,13H2,1-3H3. The third-order valence-electron chi connectivity index (χ3n) is 2.33. The van der Waals surface area contributed by atoms with Crippen LogP contribution >= 0.6 is 11.3 Å². The summed E-state index contributed by atoms with van der Waals surface area (Å²) in [6.07, 6.45) is 1.80. The van der Waals surface area contributed by atoms with Crippen molar-refractivity contribution in [2.45, 2.75) is 45.4 Å². The summed E-state index contributed by atoms with van der Waals surface area (Å²) in [5, 5.41) is 2.97. The van der Waals surface area contributed by atoms with E-state index in [1.807, 2.05) is 5.38 Å². The molecule has 0 radical (unpaired) electrons. The fraction of sp³-hybridized carbons (Fsp3) is 0.667. The second-order valence-electron chi connectivity index (χ2n) is 4.98. The highest BCUT2D eigenvalue weighted by Crippen LogP contribution is 2.24. The number of hydrogen-bond acceptors (Lipinski definition) is 4. The predicted molar refractivity (Wildman–Crippen MR) is 67.8 cm³/mol. The number of ketones is 1. The SMILES string of the molecule is CC(C)(C)c1csc(CC(=O)CCCN)n1. The van der Waals surface area contributed by atoms with Crippen LogP contribution in [0.3, 0.4) is 0 Å². The number of thiazole rings is 1. The van der Waals surface area contributed by atoms with Gasteiger partial charge in [-0.3, -0.25) is 4.79 Å². The summed E-state index contributed by atoms with van der Waals surface area (Å²) in [4.78, 5) is 16.0. The first-order valence-corrected chi connectivity index (χ1v) is 6.48. The molecule has 1 aromatic heterocycles. The summed E-state index contributed by atoms with van der Waals surface area (Å²) in [5.74, 6) is 0.236. The van der Waals surface area contributed by atoms with E-state index in [-0.39, 0.29) is 11.2 Å². The molecule has 0 bridgehead atoms. The molecular formula is C12H20N2OS. The van der Waals surface area contributed by atoms with Gasteiger partial charge in [-0.15, -0.1) is 11.3 Å². The number of hydrogen-bond donors (Lipinski definition) is 1. The zero-order chi connectivity index (χ0) is 12.2. The summed E-state index contributed by atoms with van der Waals surface area (Å²) < 4.78 is 0. The Balaban J connectivity index is 2.56. The smallest absolute Gasteiger partial charge is 0.139 e. The molecule has 2 N–H and O–H groups in total. The highest BCUT2D eigenvalue weighted by atomic mass is 32.1. The van der Waals surface area contributed by atoms with E-state index in [9.17, 15) is 4.79 Å². The summed E-state index contributed by atoms with van der Waals surface area (Å²) in [7, 11) is 0. The van der Waals surface area contributed by atoms with Crippen LogP contribution in [0.2, 0.25) is 0 Å². The topological polar surface area (TPSA) is 56.0 Å². The van der Waals surface area contributed by atoms with Crippen LogP contribution in [0.5, 0.6) is 0 Å². The fourth-order valence-corrected chi connectivity index (χ4v) is 2.34. The molecule has 0 aromatic carbocycles. The second-order valence-corrected chi connectivity index (χ2v) is 5.93. The molecule has 1 aromatic rings. The van der Waals surface area contributed by atoms with Crippen LogP contribution in [0.15, 0.2) is 5.38 Å². The first-order chi connectivity index (χ1) is 7.43. The van der Waals surface area contributed by atoms with Gasteiger partial charge in [0.1, 0.15) is 10.8 Å². The molecule has 0 saturated carbocycles. The molecule has 16 heavy (non-hydrogen) atoms. The maximum Gasteiger partial charge on any atom is 0.139 e. The number of nitrogens with zero attached hydrogens (tertiary/aromatic N) is 1. The molecular weight excluding hydrogens is 220 g/mol. The van der Waals surface area contributed by atoms with Gasteiger partial charge in [0, 0.05) is 17.2 Å². The molecule has 0 fully saturated rings. The zero-order valence-corrected chi connectivity index (χ0v) is 11.1. The van der Waals surface area contributed by atoms with E-state index in [1.54, 1.807) is 11.3 Å². The van der Waals surface area contributed by atoms with Crippen LogP contribution in [0, 0.1) is 0 Å². The van der Waals surface area contributed by atoms with E-state index in [0.29, 0.717) is 19.4 Å². The normalized spacial score (nSPS) is 11.8. The molecule has 4 heteroatoms. The lowest BCUT2D eigenvalue weighted by Crippen LogP contribution is -2.12. The molecule has 0 atom stereocenters. The third kappa shape index (κ3) is 4.02. The third-order valence-corrected chi connectivity index (χ3v) is 3.18. The largest absolute Gasteiger partial charge is 0.330 e. The maximum atomic E-state index is 11.5. The van der Waals surface area contributed by atoms with Gasteiger partial charge in [0.15, 0.2) is 0 Å². The Kier molecular flexibility index (Phi) is 4.62. The number of rotatable bonds is 5. The molecule has 90 valence electrons. The average molecular weight is 240 g/mol. The Morgan fingerprint density at radius 2 is 2.19 bits per heavy atom. The van der Waals surface area contributed by atoms with Gasteiger partial charge in [0.2, 0.25) is 0 Å². The molecule has 0 spiro atoms. The van der Waals surface area contributed by atoms with Gasteiger partial charge >= 0.3 is 0 Å². The summed E-state index contributed by atoms with van der Waals surface area (Å²) in [5.41, 5.74) is 6.50. The highest BCUT2D eigenvalue weighted by molar-refractivity contribution is 7.09. The Bertz CT molecular complexity index is 352. The summed E-state index contributed by atoms with van der Waals surface area (Å²) in [6.45, 7) is 6.96. The van der Waals surface area contributed by atoms with Gasteiger partial charge < -0.3 is 5.73 Å². The lowest BCUT2D eigenvalue weighted by atomic mass is 9.93. The van der Waals surface area contributed by atoms with E-state index < -0.39 is 0 Å². The number of carbonyl (C=O) groups is 1. The van der Waals surface area contributed by atoms with Crippen molar-refractivity contribution >= 4 is 17.1 Å². The van der Waals surface area contributed by atoms with Crippen LogP contribution in [0.4, 0.5) is 0 Å². The van der Waals surface area contributed by atoms with Crippen molar-refractivity contribution < 1.29 is 4.79 Å². The molecule has 0 aliphatic heterocycles. The fourth-order valence-electron chi connectivity index (χ4n) is 1.29. The minimum absolute atomic E-state index is 0.0645. The van der Waals surface area contributed by atoms with E-state index in [0.717, 1.165) is 17.1 Å². The van der Waals surface area contributed by atoms with E-state index in [4.69, 9.17) is 5.73 Å². The van der Waals surface area contributed by atoms with Crippen LogP contribution in [0.1, 0.15) is 44.3 Å². The molecule has 0 unspecified atom stereocenters. The minimum atomic E-state index is 0.0645. The van der Waals surface area contributed by atoms with Gasteiger partial charge in [0.25, 0.3) is 0 Å². The average Bonchev–Trinajstić information content (AvgIpc) is 2.62. The second kappa shape index (κ2) is 5.55. The predicted octanol–water partition coefficient (Wildman–Crippen LogP) is 2.29. The number of carbonyl (C=O) groups excluding carboxylic acids is 1. The van der Waals surface area contributed by atoms with Gasteiger partial charge in [-0.05, 0) is 13.0 Å². The highest BCUT2D eigenvalue weighted by Gasteiger charge is 2.18. The van der Waals surface area contributed by atoms with Crippen LogP contribution in [-0.2, 0) is 16.6 Å². The molecule has 1 heterocycles. The lowest BCUT2D eigenvalue weighted by molar-refractivity contribution is -0.118. The van der Waals surface area contributed by atoms with Gasteiger partial charge in [-0.1, -0.05) is 20.8 Å². The van der Waals surface area contributed by atoms with Gasteiger partial charge in [0.05, 0.1) is 12.1 Å². The monoisotopic (exact) mass is 240 g/mol. The molecule has 3 nitrogen and oxygen atoms in total. The Hall–Kier alpha value is -0.740. The Morgan fingerprint density at radius 1 is 1.50 bits per heavy atom. The maximum absolute atomic E-state index is 11.5. The summed E-state index contributed by atoms with van der Waals surface area (Å²) >= 11 is 1.58. The molecule has 1 rings (SSSR count). The first-order valence-electron chi connectivity index (χ1n) is 5.60. The van der Waals surface area contributed by atoms with E-state index >= 15 is 0 Å². The van der Waals surface area contributed by atoms with Gasteiger partial charge in [-0.2, -0.15) is 0 Å². The molecule has 0 aliphatic carbocycles. The summed E-state index contributed by atoms with van der Waals surface area (Å²) in [6, 6.07) is 0. The van der Waals surface area contributed by atoms with Crippen molar-refractivity contribution in [3.8, 4) is 0 Å². The lowest BCUT2D eigenvalue weighted by Gasteiger charge is -2.14. The molecule has 0 saturated heterocycles. The molecule has 0 aliphatic rings. The number of nitrogens with two attached hydrogens (primary N) is 1. The van der Waals surface area contributed by atoms with E-state index in [1.165, 1.54) is 0 Å².